The summed E-state index contributed by atoms with van der Waals surface area (Å²) in [5, 5.41) is 14.7. The van der Waals surface area contributed by atoms with Gasteiger partial charge in [-0.1, -0.05) is 60.3 Å². The van der Waals surface area contributed by atoms with E-state index in [1.807, 2.05) is 73.9 Å². The molecule has 7 nitrogen and oxygen atoms in total. The maximum Gasteiger partial charge on any atom is 0.243 e. The highest BCUT2D eigenvalue weighted by atomic mass is 32.2. The van der Waals surface area contributed by atoms with Crippen molar-refractivity contribution in [2.75, 3.05) is 17.6 Å². The first kappa shape index (κ1) is 21.6. The molecule has 3 rings (SSSR count). The number of hydrogen-bond donors (Lipinski definition) is 2. The van der Waals surface area contributed by atoms with Crippen LogP contribution < -0.4 is 10.6 Å². The Bertz CT molecular complexity index is 1010. The van der Waals surface area contributed by atoms with Gasteiger partial charge < -0.3 is 15.2 Å². The third-order valence-corrected chi connectivity index (χ3v) is 5.56. The number of aryl methyl sites for hydroxylation is 2. The Morgan fingerprint density at radius 3 is 2.33 bits per heavy atom. The van der Waals surface area contributed by atoms with Crippen molar-refractivity contribution in [3.63, 3.8) is 0 Å². The number of thioether (sulfide) groups is 1. The van der Waals surface area contributed by atoms with Crippen LogP contribution in [-0.4, -0.2) is 38.9 Å². The zero-order valence-corrected chi connectivity index (χ0v) is 18.1. The van der Waals surface area contributed by atoms with Gasteiger partial charge in [-0.05, 0) is 31.9 Å². The molecular formula is C22H25N5O2S. The zero-order valence-electron chi connectivity index (χ0n) is 17.3. The van der Waals surface area contributed by atoms with Gasteiger partial charge in [-0.2, -0.15) is 0 Å². The lowest BCUT2D eigenvalue weighted by Crippen LogP contribution is -2.34. The molecular weight excluding hydrogens is 398 g/mol. The minimum absolute atomic E-state index is 0.0805. The average Bonchev–Trinajstić information content (AvgIpc) is 3.17. The molecule has 2 N–H and O–H groups in total. The molecule has 0 aliphatic heterocycles. The molecule has 0 aliphatic rings. The van der Waals surface area contributed by atoms with Crippen LogP contribution in [0.2, 0.25) is 0 Å². The summed E-state index contributed by atoms with van der Waals surface area (Å²) in [7, 11) is 0. The summed E-state index contributed by atoms with van der Waals surface area (Å²) in [5.74, 6) is 0.440. The van der Waals surface area contributed by atoms with E-state index in [2.05, 4.69) is 20.8 Å². The van der Waals surface area contributed by atoms with Gasteiger partial charge in [-0.25, -0.2) is 0 Å². The quantitative estimate of drug-likeness (QED) is 0.542. The Morgan fingerprint density at radius 2 is 1.67 bits per heavy atom. The molecule has 0 aliphatic carbocycles. The molecule has 30 heavy (non-hydrogen) atoms. The van der Waals surface area contributed by atoms with Gasteiger partial charge >= 0.3 is 0 Å². The molecule has 0 spiro atoms. The molecule has 0 atom stereocenters. The van der Waals surface area contributed by atoms with Crippen LogP contribution in [0.1, 0.15) is 18.1 Å². The number of nitrogens with zero attached hydrogens (tertiary/aromatic N) is 3. The number of amides is 2. The Balaban J connectivity index is 1.53. The number of rotatable bonds is 8. The lowest BCUT2D eigenvalue weighted by molar-refractivity contribution is -0.122. The summed E-state index contributed by atoms with van der Waals surface area (Å²) in [4.78, 5) is 24.4. The van der Waals surface area contributed by atoms with Crippen molar-refractivity contribution in [3.05, 3.63) is 59.7 Å². The van der Waals surface area contributed by atoms with Crippen molar-refractivity contribution in [2.45, 2.75) is 32.5 Å². The fraction of sp³-hybridized carbons (Fsp3) is 0.273. The van der Waals surface area contributed by atoms with Gasteiger partial charge in [-0.15, -0.1) is 10.2 Å². The van der Waals surface area contributed by atoms with E-state index < -0.39 is 0 Å². The number of carbonyl (C=O) groups excluding carboxylic acids is 2. The van der Waals surface area contributed by atoms with E-state index in [9.17, 15) is 9.59 Å². The average molecular weight is 424 g/mol. The van der Waals surface area contributed by atoms with E-state index >= 15 is 0 Å². The second kappa shape index (κ2) is 10.1. The lowest BCUT2D eigenvalue weighted by atomic mass is 10.1. The summed E-state index contributed by atoms with van der Waals surface area (Å²) in [6.45, 7) is 6.50. The van der Waals surface area contributed by atoms with Gasteiger partial charge in [0.05, 0.1) is 12.3 Å². The standard InChI is InChI=1S/C22H25N5O2S/c1-4-27-21(17-11-6-5-7-12-17)25-26-22(27)30-14-19(29)23-13-18(28)24-20-15(2)9-8-10-16(20)3/h5-12H,4,13-14H2,1-3H3,(H,23,29)(H,24,28). The SMILES string of the molecule is CCn1c(SCC(=O)NCC(=O)Nc2c(C)cccc2C)nnc1-c1ccccc1. The van der Waals surface area contributed by atoms with E-state index in [0.717, 1.165) is 28.2 Å². The fourth-order valence-electron chi connectivity index (χ4n) is 3.04. The van der Waals surface area contributed by atoms with Gasteiger partial charge in [0.2, 0.25) is 11.8 Å². The Kier molecular flexibility index (Phi) is 7.24. The molecule has 1 heterocycles. The van der Waals surface area contributed by atoms with Gasteiger partial charge in [-0.3, -0.25) is 9.59 Å². The number of carbonyl (C=O) groups is 2. The number of aromatic nitrogens is 3. The molecule has 0 unspecified atom stereocenters. The third-order valence-electron chi connectivity index (χ3n) is 4.59. The molecule has 0 radical (unpaired) electrons. The number of para-hydroxylation sites is 1. The molecule has 0 fully saturated rings. The Morgan fingerprint density at radius 1 is 0.967 bits per heavy atom. The van der Waals surface area contributed by atoms with E-state index in [1.165, 1.54) is 11.8 Å². The first-order valence-electron chi connectivity index (χ1n) is 9.73. The molecule has 0 bridgehead atoms. The maximum absolute atomic E-state index is 12.2. The first-order chi connectivity index (χ1) is 14.5. The minimum atomic E-state index is -0.256. The van der Waals surface area contributed by atoms with Crippen LogP contribution in [0.25, 0.3) is 11.4 Å². The monoisotopic (exact) mass is 423 g/mol. The second-order valence-corrected chi connectivity index (χ2v) is 7.74. The van der Waals surface area contributed by atoms with Crippen molar-refractivity contribution >= 4 is 29.3 Å². The number of benzene rings is 2. The lowest BCUT2D eigenvalue weighted by Gasteiger charge is -2.12. The molecule has 1 aromatic heterocycles. The summed E-state index contributed by atoms with van der Waals surface area (Å²) < 4.78 is 1.97. The highest BCUT2D eigenvalue weighted by molar-refractivity contribution is 7.99. The second-order valence-electron chi connectivity index (χ2n) is 6.80. The van der Waals surface area contributed by atoms with Crippen LogP contribution in [0.15, 0.2) is 53.7 Å². The van der Waals surface area contributed by atoms with Crippen LogP contribution in [0.5, 0.6) is 0 Å². The molecule has 156 valence electrons. The summed E-state index contributed by atoms with van der Waals surface area (Å²) >= 11 is 1.30. The molecule has 0 saturated heterocycles. The summed E-state index contributed by atoms with van der Waals surface area (Å²) in [6.07, 6.45) is 0. The number of anilines is 1. The highest BCUT2D eigenvalue weighted by Gasteiger charge is 2.15. The van der Waals surface area contributed by atoms with Crippen molar-refractivity contribution < 1.29 is 9.59 Å². The normalized spacial score (nSPS) is 10.6. The molecule has 3 aromatic rings. The minimum Gasteiger partial charge on any atom is -0.346 e. The molecule has 8 heteroatoms. The van der Waals surface area contributed by atoms with E-state index in [1.54, 1.807) is 0 Å². The third kappa shape index (κ3) is 5.27. The fourth-order valence-corrected chi connectivity index (χ4v) is 3.87. The van der Waals surface area contributed by atoms with Crippen LogP contribution in [0, 0.1) is 13.8 Å². The topological polar surface area (TPSA) is 88.9 Å². The van der Waals surface area contributed by atoms with E-state index in [4.69, 9.17) is 0 Å². The maximum atomic E-state index is 12.2. The molecule has 0 saturated carbocycles. The Labute approximate surface area is 180 Å². The van der Waals surface area contributed by atoms with Crippen molar-refractivity contribution in [1.82, 2.24) is 20.1 Å². The largest absolute Gasteiger partial charge is 0.346 e. The molecule has 2 amide bonds. The number of hydrogen-bond acceptors (Lipinski definition) is 5. The van der Waals surface area contributed by atoms with E-state index in [-0.39, 0.29) is 24.1 Å². The van der Waals surface area contributed by atoms with Crippen LogP contribution >= 0.6 is 11.8 Å². The highest BCUT2D eigenvalue weighted by Crippen LogP contribution is 2.23. The van der Waals surface area contributed by atoms with Crippen LogP contribution in [-0.2, 0) is 16.1 Å². The van der Waals surface area contributed by atoms with Gasteiger partial charge in [0.1, 0.15) is 0 Å². The van der Waals surface area contributed by atoms with Gasteiger partial charge in [0.15, 0.2) is 11.0 Å². The Hall–Kier alpha value is -3.13. The van der Waals surface area contributed by atoms with Gasteiger partial charge in [0, 0.05) is 17.8 Å². The zero-order chi connectivity index (χ0) is 21.5. The van der Waals surface area contributed by atoms with Crippen molar-refractivity contribution in [1.29, 1.82) is 0 Å². The van der Waals surface area contributed by atoms with Crippen molar-refractivity contribution in [2.24, 2.45) is 0 Å². The summed E-state index contributed by atoms with van der Waals surface area (Å²) in [6, 6.07) is 15.6. The van der Waals surface area contributed by atoms with Crippen LogP contribution in [0.3, 0.4) is 0 Å². The van der Waals surface area contributed by atoms with Crippen LogP contribution in [0.4, 0.5) is 5.69 Å². The first-order valence-corrected chi connectivity index (χ1v) is 10.7. The summed E-state index contributed by atoms with van der Waals surface area (Å²) in [5.41, 5.74) is 3.73. The predicted molar refractivity (Wildman–Crippen MR) is 119 cm³/mol. The molecule has 2 aromatic carbocycles. The predicted octanol–water partition coefficient (Wildman–Crippen LogP) is 3.43. The van der Waals surface area contributed by atoms with Gasteiger partial charge in [0.25, 0.3) is 0 Å². The number of nitrogens with one attached hydrogen (secondary N) is 2. The van der Waals surface area contributed by atoms with Crippen molar-refractivity contribution in [3.8, 4) is 11.4 Å². The van der Waals surface area contributed by atoms with E-state index in [0.29, 0.717) is 11.7 Å². The smallest absolute Gasteiger partial charge is 0.243 e.